The number of carbonyl (C=O) groups excluding carboxylic acids is 1. The van der Waals surface area contributed by atoms with Crippen molar-refractivity contribution in [1.29, 1.82) is 0 Å². The highest BCUT2D eigenvalue weighted by molar-refractivity contribution is 7.16. The van der Waals surface area contributed by atoms with Gasteiger partial charge in [-0.1, -0.05) is 17.4 Å². The highest BCUT2D eigenvalue weighted by atomic mass is 32.1. The van der Waals surface area contributed by atoms with Crippen LogP contribution in [0.2, 0.25) is 0 Å². The van der Waals surface area contributed by atoms with Gasteiger partial charge in [-0.15, -0.1) is 0 Å². The molecule has 2 aromatic rings. The van der Waals surface area contributed by atoms with Gasteiger partial charge < -0.3 is 9.72 Å². The molecule has 1 heterocycles. The molecule has 82 valence electrons. The maximum Gasteiger partial charge on any atom is 0.330 e. The second-order valence-electron chi connectivity index (χ2n) is 3.13. The van der Waals surface area contributed by atoms with E-state index in [0.29, 0.717) is 0 Å². The fraction of sp³-hybridized carbons (Fsp3) is 0.0909. The molecule has 0 saturated heterocycles. The third kappa shape index (κ3) is 2.20. The first kappa shape index (κ1) is 10.6. The zero-order chi connectivity index (χ0) is 11.5. The first-order valence-corrected chi connectivity index (χ1v) is 5.39. The molecule has 1 N–H and O–H groups in total. The molecule has 0 spiro atoms. The smallest absolute Gasteiger partial charge is 0.330 e. The standard InChI is InChI=1S/C11H9NO3S/c1-15-10(13)5-3-7-2-4-8-9(6-7)16-11(14)12-8/h2-6H,1H3,(H,12,14). The molecular weight excluding hydrogens is 226 g/mol. The summed E-state index contributed by atoms with van der Waals surface area (Å²) in [4.78, 5) is 24.6. The Morgan fingerprint density at radius 2 is 2.31 bits per heavy atom. The average molecular weight is 235 g/mol. The SMILES string of the molecule is COC(=O)C=Cc1ccc2[nH]c(=O)sc2c1. The Bertz CT molecular complexity index is 609. The molecule has 0 bridgehead atoms. The van der Waals surface area contributed by atoms with Crippen molar-refractivity contribution in [3.05, 3.63) is 39.5 Å². The molecule has 1 aromatic carbocycles. The van der Waals surface area contributed by atoms with E-state index in [2.05, 4.69) is 9.72 Å². The van der Waals surface area contributed by atoms with E-state index in [1.54, 1.807) is 6.08 Å². The van der Waals surface area contributed by atoms with E-state index in [4.69, 9.17) is 0 Å². The molecule has 16 heavy (non-hydrogen) atoms. The largest absolute Gasteiger partial charge is 0.466 e. The summed E-state index contributed by atoms with van der Waals surface area (Å²) in [6.45, 7) is 0. The summed E-state index contributed by atoms with van der Waals surface area (Å²) in [6, 6.07) is 5.48. The van der Waals surface area contributed by atoms with Crippen LogP contribution in [0.25, 0.3) is 16.3 Å². The number of benzene rings is 1. The minimum absolute atomic E-state index is 0.0795. The monoisotopic (exact) mass is 235 g/mol. The Kier molecular flexibility index (Phi) is 2.87. The van der Waals surface area contributed by atoms with Gasteiger partial charge >= 0.3 is 10.8 Å². The number of aromatic amines is 1. The molecule has 4 nitrogen and oxygen atoms in total. The second kappa shape index (κ2) is 4.32. The zero-order valence-corrected chi connectivity index (χ0v) is 9.34. The van der Waals surface area contributed by atoms with Crippen molar-refractivity contribution in [2.24, 2.45) is 0 Å². The Morgan fingerprint density at radius 1 is 1.50 bits per heavy atom. The third-order valence-electron chi connectivity index (χ3n) is 2.06. The lowest BCUT2D eigenvalue weighted by Gasteiger charge is -1.93. The van der Waals surface area contributed by atoms with E-state index in [9.17, 15) is 9.59 Å². The van der Waals surface area contributed by atoms with Crippen LogP contribution < -0.4 is 4.87 Å². The molecule has 5 heteroatoms. The molecule has 0 aliphatic rings. The maximum atomic E-state index is 11.1. The Hall–Kier alpha value is -1.88. The van der Waals surface area contributed by atoms with Gasteiger partial charge in [0.25, 0.3) is 0 Å². The number of carbonyl (C=O) groups is 1. The fourth-order valence-electron chi connectivity index (χ4n) is 1.30. The Morgan fingerprint density at radius 3 is 3.06 bits per heavy atom. The van der Waals surface area contributed by atoms with Crippen molar-refractivity contribution in [1.82, 2.24) is 4.98 Å². The van der Waals surface area contributed by atoms with Crippen molar-refractivity contribution >= 4 is 33.6 Å². The number of methoxy groups -OCH3 is 1. The van der Waals surface area contributed by atoms with Crippen molar-refractivity contribution in [2.75, 3.05) is 7.11 Å². The molecule has 0 saturated carbocycles. The normalized spacial score (nSPS) is 11.1. The van der Waals surface area contributed by atoms with E-state index < -0.39 is 5.97 Å². The van der Waals surface area contributed by atoms with Crippen molar-refractivity contribution in [3.8, 4) is 0 Å². The van der Waals surface area contributed by atoms with Crippen molar-refractivity contribution < 1.29 is 9.53 Å². The number of H-pyrrole nitrogens is 1. The number of hydrogen-bond acceptors (Lipinski definition) is 4. The van der Waals surface area contributed by atoms with Gasteiger partial charge in [-0.3, -0.25) is 4.79 Å². The van der Waals surface area contributed by atoms with Gasteiger partial charge in [-0.2, -0.15) is 0 Å². The van der Waals surface area contributed by atoms with E-state index in [0.717, 1.165) is 27.1 Å². The van der Waals surface area contributed by atoms with Crippen LogP contribution in [0.4, 0.5) is 0 Å². The number of aromatic nitrogens is 1. The summed E-state index contributed by atoms with van der Waals surface area (Å²) in [6.07, 6.45) is 2.99. The van der Waals surface area contributed by atoms with Crippen LogP contribution in [-0.4, -0.2) is 18.1 Å². The summed E-state index contributed by atoms with van der Waals surface area (Å²) in [7, 11) is 1.33. The number of esters is 1. The van der Waals surface area contributed by atoms with Crippen LogP contribution in [-0.2, 0) is 9.53 Å². The van der Waals surface area contributed by atoms with Crippen LogP contribution in [0, 0.1) is 0 Å². The second-order valence-corrected chi connectivity index (χ2v) is 4.14. The summed E-state index contributed by atoms with van der Waals surface area (Å²) in [5.41, 5.74) is 1.67. The van der Waals surface area contributed by atoms with E-state index in [-0.39, 0.29) is 4.87 Å². The lowest BCUT2D eigenvalue weighted by Crippen LogP contribution is -1.93. The van der Waals surface area contributed by atoms with Gasteiger partial charge in [0.05, 0.1) is 17.3 Å². The van der Waals surface area contributed by atoms with Gasteiger partial charge in [0, 0.05) is 6.08 Å². The van der Waals surface area contributed by atoms with Gasteiger partial charge in [0.2, 0.25) is 0 Å². The predicted molar refractivity (Wildman–Crippen MR) is 63.5 cm³/mol. The highest BCUT2D eigenvalue weighted by Crippen LogP contribution is 2.17. The molecule has 0 aliphatic heterocycles. The van der Waals surface area contributed by atoms with Crippen molar-refractivity contribution in [2.45, 2.75) is 0 Å². The molecule has 0 aliphatic carbocycles. The number of hydrogen-bond donors (Lipinski definition) is 1. The molecule has 0 unspecified atom stereocenters. The molecule has 0 fully saturated rings. The van der Waals surface area contributed by atoms with Crippen molar-refractivity contribution in [3.63, 3.8) is 0 Å². The predicted octanol–water partition coefficient (Wildman–Crippen LogP) is 1.78. The summed E-state index contributed by atoms with van der Waals surface area (Å²) in [5, 5.41) is 0. The van der Waals surface area contributed by atoms with E-state index in [1.165, 1.54) is 13.2 Å². The fourth-order valence-corrected chi connectivity index (χ4v) is 2.08. The molecule has 2 rings (SSSR count). The Balaban J connectivity index is 2.35. The minimum Gasteiger partial charge on any atom is -0.466 e. The van der Waals surface area contributed by atoms with E-state index >= 15 is 0 Å². The molecular formula is C11H9NO3S. The Labute approximate surface area is 95.2 Å². The first-order valence-electron chi connectivity index (χ1n) is 4.58. The molecule has 0 amide bonds. The number of nitrogens with one attached hydrogen (secondary N) is 1. The molecule has 0 atom stereocenters. The van der Waals surface area contributed by atoms with Crippen LogP contribution in [0.5, 0.6) is 0 Å². The number of rotatable bonds is 2. The van der Waals surface area contributed by atoms with Gasteiger partial charge in [0.15, 0.2) is 0 Å². The first-order chi connectivity index (χ1) is 7.69. The van der Waals surface area contributed by atoms with Crippen LogP contribution >= 0.6 is 11.3 Å². The van der Waals surface area contributed by atoms with Gasteiger partial charge in [0.1, 0.15) is 0 Å². The molecule has 0 radical (unpaired) electrons. The lowest BCUT2D eigenvalue weighted by molar-refractivity contribution is -0.134. The number of thiazole rings is 1. The third-order valence-corrected chi connectivity index (χ3v) is 2.90. The topological polar surface area (TPSA) is 59.2 Å². The van der Waals surface area contributed by atoms with Gasteiger partial charge in [-0.25, -0.2) is 4.79 Å². The van der Waals surface area contributed by atoms with Crippen LogP contribution in [0.3, 0.4) is 0 Å². The maximum absolute atomic E-state index is 11.1. The molecule has 1 aromatic heterocycles. The van der Waals surface area contributed by atoms with Crippen LogP contribution in [0.1, 0.15) is 5.56 Å². The number of fused-ring (bicyclic) bond motifs is 1. The zero-order valence-electron chi connectivity index (χ0n) is 8.52. The van der Waals surface area contributed by atoms with Gasteiger partial charge in [-0.05, 0) is 23.8 Å². The summed E-state index contributed by atoms with van der Waals surface area (Å²) < 4.78 is 5.36. The average Bonchev–Trinajstić information content (AvgIpc) is 2.65. The highest BCUT2D eigenvalue weighted by Gasteiger charge is 1.99. The van der Waals surface area contributed by atoms with Crippen LogP contribution in [0.15, 0.2) is 29.1 Å². The quantitative estimate of drug-likeness (QED) is 0.637. The summed E-state index contributed by atoms with van der Waals surface area (Å²) in [5.74, 6) is -0.401. The lowest BCUT2D eigenvalue weighted by atomic mass is 10.2. The van der Waals surface area contributed by atoms with E-state index in [1.807, 2.05) is 18.2 Å². The number of ether oxygens (including phenoxy) is 1. The minimum atomic E-state index is -0.401. The summed E-state index contributed by atoms with van der Waals surface area (Å²) >= 11 is 1.15.